The van der Waals surface area contributed by atoms with Gasteiger partial charge >= 0.3 is 0 Å². The Morgan fingerprint density at radius 3 is 2.59 bits per heavy atom. The number of hydrogen-bond donors (Lipinski definition) is 1. The zero-order valence-electron chi connectivity index (χ0n) is 9.97. The minimum Gasteiger partial charge on any atom is -0.311 e. The van der Waals surface area contributed by atoms with Gasteiger partial charge in [-0.2, -0.15) is 5.10 Å². The van der Waals surface area contributed by atoms with Crippen molar-refractivity contribution in [1.29, 1.82) is 0 Å². The molecule has 1 heterocycles. The molecule has 0 fully saturated rings. The second kappa shape index (κ2) is 4.82. The molecule has 2 aromatic rings. The van der Waals surface area contributed by atoms with Crippen LogP contribution in [-0.2, 0) is 18.3 Å². The summed E-state index contributed by atoms with van der Waals surface area (Å²) in [5, 5.41) is 6.81. The molecule has 17 heavy (non-hydrogen) atoms. The Kier molecular flexibility index (Phi) is 3.23. The monoisotopic (exact) mass is 229 g/mol. The van der Waals surface area contributed by atoms with Crippen molar-refractivity contribution < 1.29 is 4.79 Å². The number of hydrogen-bond acceptors (Lipinski definition) is 2. The smallest absolute Gasteiger partial charge is 0.229 e. The summed E-state index contributed by atoms with van der Waals surface area (Å²) < 4.78 is 1.63. The quantitative estimate of drug-likeness (QED) is 0.874. The molecule has 4 heteroatoms. The average molecular weight is 229 g/mol. The molecule has 0 aliphatic heterocycles. The Bertz CT molecular complexity index is 514. The molecule has 88 valence electrons. The highest BCUT2D eigenvalue weighted by Gasteiger charge is 2.06. The van der Waals surface area contributed by atoms with E-state index in [1.54, 1.807) is 24.0 Å². The van der Waals surface area contributed by atoms with Crippen LogP contribution in [0, 0.1) is 6.92 Å². The summed E-state index contributed by atoms with van der Waals surface area (Å²) in [4.78, 5) is 11.8. The first-order chi connectivity index (χ1) is 8.15. The summed E-state index contributed by atoms with van der Waals surface area (Å²) in [7, 11) is 1.79. The molecule has 0 aliphatic rings. The molecule has 0 aliphatic carbocycles. The lowest BCUT2D eigenvalue weighted by Gasteiger charge is -2.05. The largest absolute Gasteiger partial charge is 0.311 e. The van der Waals surface area contributed by atoms with Crippen LogP contribution in [0.2, 0.25) is 0 Å². The van der Waals surface area contributed by atoms with Crippen molar-refractivity contribution in [3.8, 4) is 0 Å². The molecule has 0 saturated carbocycles. The molecule has 0 bridgehead atoms. The molecule has 1 amide bonds. The molecule has 0 radical (unpaired) electrons. The lowest BCUT2D eigenvalue weighted by Crippen LogP contribution is -2.16. The Hall–Kier alpha value is -2.10. The Labute approximate surface area is 100 Å². The van der Waals surface area contributed by atoms with Gasteiger partial charge in [0.1, 0.15) is 5.82 Å². The highest BCUT2D eigenvalue weighted by molar-refractivity contribution is 5.91. The van der Waals surface area contributed by atoms with Gasteiger partial charge in [-0.25, -0.2) is 0 Å². The number of carbonyl (C=O) groups excluding carboxylic acids is 1. The number of aryl methyl sites for hydroxylation is 2. The summed E-state index contributed by atoms with van der Waals surface area (Å²) in [6.45, 7) is 2.03. The summed E-state index contributed by atoms with van der Waals surface area (Å²) in [6.07, 6.45) is 2.03. The minimum atomic E-state index is -0.0301. The summed E-state index contributed by atoms with van der Waals surface area (Å²) >= 11 is 0. The van der Waals surface area contributed by atoms with E-state index in [1.807, 2.05) is 31.2 Å². The number of aromatic nitrogens is 2. The second-order valence-corrected chi connectivity index (χ2v) is 4.05. The summed E-state index contributed by atoms with van der Waals surface area (Å²) in [6, 6.07) is 9.72. The Morgan fingerprint density at radius 2 is 2.00 bits per heavy atom. The highest BCUT2D eigenvalue weighted by atomic mass is 16.1. The van der Waals surface area contributed by atoms with Crippen molar-refractivity contribution in [2.75, 3.05) is 5.32 Å². The third kappa shape index (κ3) is 2.93. The zero-order valence-corrected chi connectivity index (χ0v) is 9.97. The number of benzene rings is 1. The molecule has 4 nitrogen and oxygen atoms in total. The van der Waals surface area contributed by atoms with Crippen molar-refractivity contribution in [1.82, 2.24) is 9.78 Å². The third-order valence-corrected chi connectivity index (χ3v) is 2.57. The van der Waals surface area contributed by atoms with Crippen LogP contribution in [0.3, 0.4) is 0 Å². The Balaban J connectivity index is 1.98. The van der Waals surface area contributed by atoms with Gasteiger partial charge < -0.3 is 5.32 Å². The van der Waals surface area contributed by atoms with Crippen LogP contribution < -0.4 is 5.32 Å². The first kappa shape index (κ1) is 11.4. The summed E-state index contributed by atoms with van der Waals surface area (Å²) in [5.41, 5.74) is 2.20. The van der Waals surface area contributed by atoms with E-state index in [2.05, 4.69) is 10.4 Å². The van der Waals surface area contributed by atoms with Gasteiger partial charge in [0.15, 0.2) is 0 Å². The predicted octanol–water partition coefficient (Wildman–Crippen LogP) is 1.91. The molecule has 0 atom stereocenters. The number of amides is 1. The normalized spacial score (nSPS) is 10.2. The summed E-state index contributed by atoms with van der Waals surface area (Å²) in [5.74, 6) is 0.680. The van der Waals surface area contributed by atoms with Crippen LogP contribution in [0.4, 0.5) is 5.82 Å². The fourth-order valence-electron chi connectivity index (χ4n) is 1.57. The van der Waals surface area contributed by atoms with Gasteiger partial charge in [-0.1, -0.05) is 29.8 Å². The van der Waals surface area contributed by atoms with Crippen molar-refractivity contribution in [2.45, 2.75) is 13.3 Å². The van der Waals surface area contributed by atoms with E-state index in [-0.39, 0.29) is 5.91 Å². The predicted molar refractivity (Wildman–Crippen MR) is 66.7 cm³/mol. The van der Waals surface area contributed by atoms with Gasteiger partial charge in [0.2, 0.25) is 5.91 Å². The number of carbonyl (C=O) groups is 1. The van der Waals surface area contributed by atoms with E-state index >= 15 is 0 Å². The van der Waals surface area contributed by atoms with Gasteiger partial charge in [0.05, 0.1) is 12.6 Å². The minimum absolute atomic E-state index is 0.0301. The van der Waals surface area contributed by atoms with Gasteiger partial charge in [-0.3, -0.25) is 9.48 Å². The van der Waals surface area contributed by atoms with E-state index in [0.29, 0.717) is 12.2 Å². The van der Waals surface area contributed by atoms with E-state index in [4.69, 9.17) is 0 Å². The molecule has 1 N–H and O–H groups in total. The van der Waals surface area contributed by atoms with Crippen LogP contribution in [-0.4, -0.2) is 15.7 Å². The lowest BCUT2D eigenvalue weighted by atomic mass is 10.1. The maximum Gasteiger partial charge on any atom is 0.229 e. The molecule has 1 aromatic heterocycles. The van der Waals surface area contributed by atoms with Crippen molar-refractivity contribution in [3.05, 3.63) is 47.7 Å². The van der Waals surface area contributed by atoms with E-state index in [9.17, 15) is 4.79 Å². The Morgan fingerprint density at radius 1 is 1.29 bits per heavy atom. The van der Waals surface area contributed by atoms with E-state index in [0.717, 1.165) is 5.56 Å². The molecule has 0 spiro atoms. The van der Waals surface area contributed by atoms with Crippen molar-refractivity contribution in [3.63, 3.8) is 0 Å². The SMILES string of the molecule is Cc1ccc(CC(=O)Nc2ccnn2C)cc1. The van der Waals surface area contributed by atoms with Crippen LogP contribution in [0.15, 0.2) is 36.5 Å². The molecule has 0 saturated heterocycles. The maximum absolute atomic E-state index is 11.8. The van der Waals surface area contributed by atoms with E-state index in [1.165, 1.54) is 5.56 Å². The standard InChI is InChI=1S/C13H15N3O/c1-10-3-5-11(6-4-10)9-13(17)15-12-7-8-14-16(12)2/h3-8H,9H2,1-2H3,(H,15,17). The highest BCUT2D eigenvalue weighted by Crippen LogP contribution is 2.07. The van der Waals surface area contributed by atoms with Crippen LogP contribution in [0.1, 0.15) is 11.1 Å². The van der Waals surface area contributed by atoms with Crippen molar-refractivity contribution in [2.24, 2.45) is 7.05 Å². The maximum atomic E-state index is 11.8. The lowest BCUT2D eigenvalue weighted by molar-refractivity contribution is -0.115. The fourth-order valence-corrected chi connectivity index (χ4v) is 1.57. The van der Waals surface area contributed by atoms with E-state index < -0.39 is 0 Å². The molecular formula is C13H15N3O. The van der Waals surface area contributed by atoms with Gasteiger partial charge in [-0.15, -0.1) is 0 Å². The number of anilines is 1. The van der Waals surface area contributed by atoms with Gasteiger partial charge in [0.25, 0.3) is 0 Å². The van der Waals surface area contributed by atoms with Crippen molar-refractivity contribution >= 4 is 11.7 Å². The molecule has 2 rings (SSSR count). The van der Waals surface area contributed by atoms with Crippen LogP contribution in [0.5, 0.6) is 0 Å². The second-order valence-electron chi connectivity index (χ2n) is 4.05. The number of rotatable bonds is 3. The fraction of sp³-hybridized carbons (Fsp3) is 0.231. The molecule has 0 unspecified atom stereocenters. The first-order valence-corrected chi connectivity index (χ1v) is 5.48. The number of nitrogens with one attached hydrogen (secondary N) is 1. The van der Waals surface area contributed by atoms with Gasteiger partial charge in [0, 0.05) is 13.1 Å². The molecular weight excluding hydrogens is 214 g/mol. The van der Waals surface area contributed by atoms with Crippen LogP contribution >= 0.6 is 0 Å². The van der Waals surface area contributed by atoms with Gasteiger partial charge in [-0.05, 0) is 12.5 Å². The molecule has 1 aromatic carbocycles. The average Bonchev–Trinajstić information content (AvgIpc) is 2.68. The zero-order chi connectivity index (χ0) is 12.3. The first-order valence-electron chi connectivity index (χ1n) is 5.48. The topological polar surface area (TPSA) is 46.9 Å². The third-order valence-electron chi connectivity index (χ3n) is 2.57. The van der Waals surface area contributed by atoms with Crippen LogP contribution in [0.25, 0.3) is 0 Å². The number of nitrogens with zero attached hydrogens (tertiary/aromatic N) is 2.